The van der Waals surface area contributed by atoms with E-state index in [1.807, 2.05) is 24.3 Å². The van der Waals surface area contributed by atoms with Gasteiger partial charge in [-0.05, 0) is 74.5 Å². The van der Waals surface area contributed by atoms with Crippen molar-refractivity contribution in [1.29, 1.82) is 0 Å². The topological polar surface area (TPSA) is 30.7 Å². The second-order valence-electron chi connectivity index (χ2n) is 15.0. The smallest absolute Gasteiger partial charge is 0.160 e. The van der Waals surface area contributed by atoms with Crippen molar-refractivity contribution in [2.45, 2.75) is 0 Å². The number of hydrogen-bond acceptors (Lipinski definition) is 2. The Balaban J connectivity index is 0.884. The maximum absolute atomic E-state index is 5.14. The van der Waals surface area contributed by atoms with Gasteiger partial charge in [-0.1, -0.05) is 194 Å². The monoisotopic (exact) mass is 751 g/mol. The fourth-order valence-corrected chi connectivity index (χ4v) is 8.53. The van der Waals surface area contributed by atoms with Crippen molar-refractivity contribution in [3.05, 3.63) is 224 Å². The highest BCUT2D eigenvalue weighted by molar-refractivity contribution is 6.09. The maximum Gasteiger partial charge on any atom is 0.160 e. The molecule has 0 spiro atoms. The van der Waals surface area contributed by atoms with Gasteiger partial charge in [0.15, 0.2) is 5.82 Å². The Morgan fingerprint density at radius 2 is 0.678 bits per heavy atom. The zero-order chi connectivity index (χ0) is 39.1. The zero-order valence-corrected chi connectivity index (χ0v) is 32.2. The predicted molar refractivity (Wildman–Crippen MR) is 246 cm³/mol. The minimum atomic E-state index is 0.715. The highest BCUT2D eigenvalue weighted by atomic mass is 15.0. The van der Waals surface area contributed by atoms with Gasteiger partial charge in [-0.2, -0.15) is 0 Å². The lowest BCUT2D eigenvalue weighted by molar-refractivity contribution is 1.18. The second-order valence-corrected chi connectivity index (χ2v) is 15.0. The van der Waals surface area contributed by atoms with Gasteiger partial charge in [-0.15, -0.1) is 0 Å². The van der Waals surface area contributed by atoms with Gasteiger partial charge in [-0.25, -0.2) is 9.97 Å². The maximum atomic E-state index is 5.14. The van der Waals surface area contributed by atoms with E-state index < -0.39 is 0 Å². The molecule has 9 aromatic carbocycles. The van der Waals surface area contributed by atoms with Crippen LogP contribution in [0.1, 0.15) is 0 Å². The number of nitrogens with zero attached hydrogens (tertiary/aromatic N) is 3. The number of hydrogen-bond donors (Lipinski definition) is 0. The number of fused-ring (bicyclic) bond motifs is 4. The summed E-state index contributed by atoms with van der Waals surface area (Å²) < 4.78 is 2.36. The van der Waals surface area contributed by atoms with Crippen molar-refractivity contribution in [3.63, 3.8) is 0 Å². The van der Waals surface area contributed by atoms with Crippen LogP contribution in [0.5, 0.6) is 0 Å². The quantitative estimate of drug-likeness (QED) is 0.162. The van der Waals surface area contributed by atoms with Gasteiger partial charge in [0.25, 0.3) is 0 Å². The minimum Gasteiger partial charge on any atom is -0.309 e. The molecule has 0 aliphatic rings. The molecule has 0 atom stereocenters. The third-order valence-electron chi connectivity index (χ3n) is 11.5. The molecule has 11 rings (SSSR count). The fraction of sp³-hybridized carbons (Fsp3) is 0. The number of benzene rings is 9. The Morgan fingerprint density at radius 3 is 1.24 bits per heavy atom. The van der Waals surface area contributed by atoms with Crippen molar-refractivity contribution in [2.75, 3.05) is 0 Å². The molecule has 0 fully saturated rings. The van der Waals surface area contributed by atoms with Gasteiger partial charge in [0.1, 0.15) is 0 Å². The van der Waals surface area contributed by atoms with E-state index in [0.29, 0.717) is 5.82 Å². The first-order chi connectivity index (χ1) is 29.2. The average molecular weight is 752 g/mol. The van der Waals surface area contributed by atoms with Crippen LogP contribution in [-0.4, -0.2) is 14.5 Å². The van der Waals surface area contributed by atoms with Crippen LogP contribution in [-0.2, 0) is 0 Å². The molecule has 3 nitrogen and oxygen atoms in total. The Morgan fingerprint density at radius 1 is 0.271 bits per heavy atom. The molecule has 3 heteroatoms. The normalized spacial score (nSPS) is 11.4. The molecule has 276 valence electrons. The first kappa shape index (κ1) is 34.4. The summed E-state index contributed by atoms with van der Waals surface area (Å²) in [6.07, 6.45) is 0. The molecule has 0 saturated heterocycles. The molecule has 0 aliphatic heterocycles. The number of aromatic nitrogens is 3. The number of para-hydroxylation sites is 2. The van der Waals surface area contributed by atoms with Crippen molar-refractivity contribution in [1.82, 2.24) is 14.5 Å². The highest BCUT2D eigenvalue weighted by Gasteiger charge is 2.16. The van der Waals surface area contributed by atoms with Crippen molar-refractivity contribution < 1.29 is 0 Å². The Hall–Kier alpha value is -7.88. The summed E-state index contributed by atoms with van der Waals surface area (Å²) in [6, 6.07) is 79.9. The van der Waals surface area contributed by atoms with Crippen molar-refractivity contribution in [3.8, 4) is 73.0 Å². The highest BCUT2D eigenvalue weighted by Crippen LogP contribution is 2.38. The molecule has 0 N–H and O–H groups in total. The van der Waals surface area contributed by atoms with Crippen molar-refractivity contribution >= 4 is 32.6 Å². The van der Waals surface area contributed by atoms with Crippen molar-refractivity contribution in [2.24, 2.45) is 0 Å². The van der Waals surface area contributed by atoms with E-state index in [9.17, 15) is 0 Å². The molecule has 2 aromatic heterocycles. The fourth-order valence-electron chi connectivity index (χ4n) is 8.53. The van der Waals surface area contributed by atoms with Gasteiger partial charge >= 0.3 is 0 Å². The average Bonchev–Trinajstić information content (AvgIpc) is 3.66. The van der Waals surface area contributed by atoms with Gasteiger partial charge in [0, 0.05) is 33.2 Å². The summed E-state index contributed by atoms with van der Waals surface area (Å²) >= 11 is 0. The van der Waals surface area contributed by atoms with Gasteiger partial charge in [-0.3, -0.25) is 0 Å². The van der Waals surface area contributed by atoms with E-state index in [-0.39, 0.29) is 0 Å². The summed E-state index contributed by atoms with van der Waals surface area (Å²) in [7, 11) is 0. The second kappa shape index (κ2) is 14.6. The summed E-state index contributed by atoms with van der Waals surface area (Å²) in [6.45, 7) is 0. The molecule has 0 bridgehead atoms. The first-order valence-corrected chi connectivity index (χ1v) is 20.1. The Kier molecular flexibility index (Phi) is 8.49. The van der Waals surface area contributed by atoms with Gasteiger partial charge in [0.2, 0.25) is 0 Å². The van der Waals surface area contributed by atoms with E-state index in [2.05, 4.69) is 205 Å². The summed E-state index contributed by atoms with van der Waals surface area (Å²) in [5, 5.41) is 4.89. The molecule has 0 radical (unpaired) electrons. The van der Waals surface area contributed by atoms with Crippen LogP contribution in [0.2, 0.25) is 0 Å². The third-order valence-corrected chi connectivity index (χ3v) is 11.5. The van der Waals surface area contributed by atoms with Crippen LogP contribution < -0.4 is 0 Å². The molecule has 0 amide bonds. The molecular weight excluding hydrogens is 715 g/mol. The lowest BCUT2D eigenvalue weighted by Gasteiger charge is -2.14. The van der Waals surface area contributed by atoms with Crippen LogP contribution in [0.15, 0.2) is 224 Å². The first-order valence-electron chi connectivity index (χ1n) is 20.1. The predicted octanol–water partition coefficient (Wildman–Crippen LogP) is 14.7. The molecular formula is C56H37N3. The van der Waals surface area contributed by atoms with E-state index in [1.54, 1.807) is 0 Å². The molecule has 59 heavy (non-hydrogen) atoms. The molecule has 0 unspecified atom stereocenters. The van der Waals surface area contributed by atoms with Crippen LogP contribution in [0.3, 0.4) is 0 Å². The van der Waals surface area contributed by atoms with Gasteiger partial charge < -0.3 is 4.57 Å². The van der Waals surface area contributed by atoms with E-state index in [0.717, 1.165) is 39.2 Å². The number of rotatable bonds is 7. The summed E-state index contributed by atoms with van der Waals surface area (Å²) in [5.41, 5.74) is 15.7. The molecule has 2 heterocycles. The van der Waals surface area contributed by atoms with Crippen LogP contribution in [0.4, 0.5) is 0 Å². The largest absolute Gasteiger partial charge is 0.309 e. The molecule has 0 saturated carbocycles. The van der Waals surface area contributed by atoms with Crippen LogP contribution >= 0.6 is 0 Å². The van der Waals surface area contributed by atoms with Gasteiger partial charge in [0.05, 0.1) is 22.4 Å². The van der Waals surface area contributed by atoms with E-state index in [4.69, 9.17) is 9.97 Å². The van der Waals surface area contributed by atoms with E-state index in [1.165, 1.54) is 60.6 Å². The molecule has 11 aromatic rings. The standard InChI is InChI=1S/C56H37N3/c1-3-13-43(14-4-1)52-37-53(58-56(57-52)44-15-5-2-6-16-44)49-36-35-46(47-17-7-8-18-48(47)49)42-29-27-40(28-30-42)38-23-25-39(26-24-38)41-31-33-45(34-32-41)59-54-21-11-9-19-50(54)51-20-10-12-22-55(51)59/h1-37H. The van der Waals surface area contributed by atoms with Crippen LogP contribution in [0, 0.1) is 0 Å². The Bertz CT molecular complexity index is 3160. The zero-order valence-electron chi connectivity index (χ0n) is 32.2. The van der Waals surface area contributed by atoms with E-state index >= 15 is 0 Å². The summed E-state index contributed by atoms with van der Waals surface area (Å²) in [5.74, 6) is 0.715. The Labute approximate surface area is 343 Å². The third kappa shape index (κ3) is 6.26. The molecule has 0 aliphatic carbocycles. The summed E-state index contributed by atoms with van der Waals surface area (Å²) in [4.78, 5) is 10.2. The van der Waals surface area contributed by atoms with Crippen LogP contribution in [0.25, 0.3) is 106 Å². The lowest BCUT2D eigenvalue weighted by atomic mass is 9.92. The SMILES string of the molecule is c1ccc(-c2cc(-c3ccc(-c4ccc(-c5ccc(-c6ccc(-n7c8ccccc8c8ccccc87)cc6)cc5)cc4)c4ccccc34)nc(-c3ccccc3)n2)cc1. The minimum absolute atomic E-state index is 0.715. The lowest BCUT2D eigenvalue weighted by Crippen LogP contribution is -1.96.